The molecule has 4 heteroatoms. The Morgan fingerprint density at radius 1 is 1.20 bits per heavy atom. The Morgan fingerprint density at radius 2 is 2.00 bits per heavy atom. The fourth-order valence-electron chi connectivity index (χ4n) is 1.87. The Hall–Kier alpha value is -2.36. The van der Waals surface area contributed by atoms with Crippen LogP contribution in [0.1, 0.15) is 21.5 Å². The Labute approximate surface area is 117 Å². The number of hydrogen-bond acceptors (Lipinski definition) is 2. The van der Waals surface area contributed by atoms with Gasteiger partial charge in [0.1, 0.15) is 5.82 Å². The molecule has 0 heterocycles. The van der Waals surface area contributed by atoms with Crippen molar-refractivity contribution in [2.75, 3.05) is 12.4 Å². The molecule has 0 aromatic heterocycles. The van der Waals surface area contributed by atoms with Crippen LogP contribution < -0.4 is 10.6 Å². The molecule has 1 amide bonds. The van der Waals surface area contributed by atoms with Gasteiger partial charge in [-0.3, -0.25) is 4.79 Å². The summed E-state index contributed by atoms with van der Waals surface area (Å²) in [5, 5.41) is 5.76. The molecule has 0 aliphatic heterocycles. The molecule has 0 unspecified atom stereocenters. The first-order valence-corrected chi connectivity index (χ1v) is 6.41. The van der Waals surface area contributed by atoms with Crippen molar-refractivity contribution in [2.24, 2.45) is 0 Å². The number of carbonyl (C=O) groups excluding carboxylic acids is 1. The van der Waals surface area contributed by atoms with E-state index in [-0.39, 0.29) is 11.7 Å². The van der Waals surface area contributed by atoms with E-state index >= 15 is 0 Å². The lowest BCUT2D eigenvalue weighted by atomic mass is 10.1. The minimum absolute atomic E-state index is 0.130. The fraction of sp³-hybridized carbons (Fsp3) is 0.188. The first-order valence-electron chi connectivity index (χ1n) is 6.41. The summed E-state index contributed by atoms with van der Waals surface area (Å²) in [6, 6.07) is 12.4. The Balaban J connectivity index is 2.07. The third-order valence-corrected chi connectivity index (χ3v) is 3.08. The number of aryl methyl sites for hydroxylation is 1. The van der Waals surface area contributed by atoms with E-state index < -0.39 is 0 Å². The van der Waals surface area contributed by atoms with Crippen LogP contribution in [0.25, 0.3) is 0 Å². The van der Waals surface area contributed by atoms with Crippen LogP contribution >= 0.6 is 0 Å². The van der Waals surface area contributed by atoms with Gasteiger partial charge in [0.05, 0.1) is 0 Å². The molecule has 2 aromatic rings. The monoisotopic (exact) mass is 272 g/mol. The topological polar surface area (TPSA) is 41.1 Å². The number of anilines is 1. The summed E-state index contributed by atoms with van der Waals surface area (Å²) in [4.78, 5) is 11.5. The van der Waals surface area contributed by atoms with Gasteiger partial charge < -0.3 is 10.6 Å². The number of hydrogen-bond donors (Lipinski definition) is 2. The van der Waals surface area contributed by atoms with Gasteiger partial charge in [-0.25, -0.2) is 4.39 Å². The summed E-state index contributed by atoms with van der Waals surface area (Å²) < 4.78 is 13.4. The molecule has 0 saturated heterocycles. The molecule has 0 aliphatic carbocycles. The minimum Gasteiger partial charge on any atom is -0.381 e. The van der Waals surface area contributed by atoms with E-state index in [0.29, 0.717) is 17.7 Å². The number of benzene rings is 2. The predicted octanol–water partition coefficient (Wildman–Crippen LogP) is 3.11. The molecule has 0 saturated carbocycles. The van der Waals surface area contributed by atoms with Crippen LogP contribution in [0.5, 0.6) is 0 Å². The van der Waals surface area contributed by atoms with Crippen molar-refractivity contribution in [1.82, 2.24) is 5.32 Å². The summed E-state index contributed by atoms with van der Waals surface area (Å²) in [6.07, 6.45) is 0. The molecule has 0 spiro atoms. The molecular weight excluding hydrogens is 255 g/mol. The summed E-state index contributed by atoms with van der Waals surface area (Å²) in [5.74, 6) is -0.335. The average molecular weight is 272 g/mol. The van der Waals surface area contributed by atoms with Crippen LogP contribution in [0.4, 0.5) is 10.1 Å². The summed E-state index contributed by atoms with van der Waals surface area (Å²) in [7, 11) is 1.59. The maximum absolute atomic E-state index is 13.4. The highest BCUT2D eigenvalue weighted by molar-refractivity contribution is 5.94. The van der Waals surface area contributed by atoms with Crippen LogP contribution in [0.2, 0.25) is 0 Å². The van der Waals surface area contributed by atoms with Gasteiger partial charge in [-0.05, 0) is 42.3 Å². The van der Waals surface area contributed by atoms with Crippen molar-refractivity contribution in [3.8, 4) is 0 Å². The third kappa shape index (κ3) is 3.35. The molecule has 104 valence electrons. The van der Waals surface area contributed by atoms with Gasteiger partial charge in [-0.2, -0.15) is 0 Å². The molecule has 2 aromatic carbocycles. The van der Waals surface area contributed by atoms with Crippen LogP contribution in [0, 0.1) is 12.7 Å². The highest BCUT2D eigenvalue weighted by atomic mass is 19.1. The highest BCUT2D eigenvalue weighted by Crippen LogP contribution is 2.14. The lowest BCUT2D eigenvalue weighted by Gasteiger charge is -2.09. The van der Waals surface area contributed by atoms with Gasteiger partial charge in [0.2, 0.25) is 0 Å². The van der Waals surface area contributed by atoms with Gasteiger partial charge >= 0.3 is 0 Å². The molecule has 3 nitrogen and oxygen atoms in total. The first kappa shape index (κ1) is 14.1. The van der Waals surface area contributed by atoms with E-state index in [4.69, 9.17) is 0 Å². The molecule has 0 atom stereocenters. The normalized spacial score (nSPS) is 10.2. The summed E-state index contributed by atoms with van der Waals surface area (Å²) >= 11 is 0. The van der Waals surface area contributed by atoms with E-state index in [1.807, 2.05) is 18.2 Å². The van der Waals surface area contributed by atoms with Crippen molar-refractivity contribution >= 4 is 11.6 Å². The number of carbonyl (C=O) groups is 1. The van der Waals surface area contributed by atoms with E-state index in [0.717, 1.165) is 11.3 Å². The van der Waals surface area contributed by atoms with Crippen LogP contribution in [0.15, 0.2) is 42.5 Å². The zero-order chi connectivity index (χ0) is 14.5. The zero-order valence-corrected chi connectivity index (χ0v) is 11.5. The number of amides is 1. The van der Waals surface area contributed by atoms with Crippen molar-refractivity contribution < 1.29 is 9.18 Å². The zero-order valence-electron chi connectivity index (χ0n) is 11.5. The number of nitrogens with one attached hydrogen (secondary N) is 2. The standard InChI is InChI=1S/C16H17FN2O/c1-11-6-7-12(8-15(11)17)10-19-14-5-3-4-13(9-14)16(20)18-2/h3-9,19H,10H2,1-2H3,(H,18,20). The lowest BCUT2D eigenvalue weighted by molar-refractivity contribution is 0.0963. The summed E-state index contributed by atoms with van der Waals surface area (Å²) in [5.41, 5.74) is 2.91. The van der Waals surface area contributed by atoms with E-state index in [9.17, 15) is 9.18 Å². The average Bonchev–Trinajstić information content (AvgIpc) is 2.48. The van der Waals surface area contributed by atoms with Crippen molar-refractivity contribution in [2.45, 2.75) is 13.5 Å². The predicted molar refractivity (Wildman–Crippen MR) is 78.3 cm³/mol. The van der Waals surface area contributed by atoms with Gasteiger partial charge in [-0.1, -0.05) is 18.2 Å². The molecule has 0 aliphatic rings. The lowest BCUT2D eigenvalue weighted by Crippen LogP contribution is -2.17. The fourth-order valence-corrected chi connectivity index (χ4v) is 1.87. The van der Waals surface area contributed by atoms with Crippen molar-refractivity contribution in [1.29, 1.82) is 0 Å². The Bertz CT molecular complexity index is 626. The van der Waals surface area contributed by atoms with Crippen LogP contribution in [-0.2, 0) is 6.54 Å². The second-order valence-corrected chi connectivity index (χ2v) is 4.60. The maximum atomic E-state index is 13.4. The second-order valence-electron chi connectivity index (χ2n) is 4.60. The number of halogens is 1. The van der Waals surface area contributed by atoms with Gasteiger partial charge in [0.25, 0.3) is 5.91 Å². The molecule has 20 heavy (non-hydrogen) atoms. The van der Waals surface area contributed by atoms with E-state index in [2.05, 4.69) is 10.6 Å². The quantitative estimate of drug-likeness (QED) is 0.898. The Kier molecular flexibility index (Phi) is 4.35. The summed E-state index contributed by atoms with van der Waals surface area (Å²) in [6.45, 7) is 2.24. The van der Waals surface area contributed by atoms with Gasteiger partial charge in [0.15, 0.2) is 0 Å². The smallest absolute Gasteiger partial charge is 0.251 e. The SMILES string of the molecule is CNC(=O)c1cccc(NCc2ccc(C)c(F)c2)c1. The second kappa shape index (κ2) is 6.19. The largest absolute Gasteiger partial charge is 0.381 e. The van der Waals surface area contributed by atoms with Crippen LogP contribution in [0.3, 0.4) is 0 Å². The first-order chi connectivity index (χ1) is 9.60. The molecule has 2 N–H and O–H groups in total. The number of rotatable bonds is 4. The molecule has 0 radical (unpaired) electrons. The third-order valence-electron chi connectivity index (χ3n) is 3.08. The molecular formula is C16H17FN2O. The van der Waals surface area contributed by atoms with Crippen molar-refractivity contribution in [3.63, 3.8) is 0 Å². The van der Waals surface area contributed by atoms with Gasteiger partial charge in [0, 0.05) is 24.8 Å². The minimum atomic E-state index is -0.205. The molecule has 0 bridgehead atoms. The van der Waals surface area contributed by atoms with E-state index in [1.165, 1.54) is 6.07 Å². The van der Waals surface area contributed by atoms with E-state index in [1.54, 1.807) is 32.2 Å². The Morgan fingerprint density at radius 3 is 2.70 bits per heavy atom. The highest BCUT2D eigenvalue weighted by Gasteiger charge is 2.04. The van der Waals surface area contributed by atoms with Gasteiger partial charge in [-0.15, -0.1) is 0 Å². The van der Waals surface area contributed by atoms with Crippen LogP contribution in [-0.4, -0.2) is 13.0 Å². The molecule has 2 rings (SSSR count). The van der Waals surface area contributed by atoms with Crippen molar-refractivity contribution in [3.05, 3.63) is 65.0 Å². The molecule has 0 fully saturated rings. The maximum Gasteiger partial charge on any atom is 0.251 e.